The van der Waals surface area contributed by atoms with E-state index in [0.717, 1.165) is 5.69 Å². The van der Waals surface area contributed by atoms with E-state index < -0.39 is 0 Å². The van der Waals surface area contributed by atoms with Gasteiger partial charge in [-0.1, -0.05) is 17.7 Å². The first-order chi connectivity index (χ1) is 9.28. The molecule has 5 nitrogen and oxygen atoms in total. The average Bonchev–Trinajstić information content (AvgIpc) is 2.82. The predicted molar refractivity (Wildman–Crippen MR) is 72.1 cm³/mol. The first kappa shape index (κ1) is 13.5. The van der Waals surface area contributed by atoms with Crippen molar-refractivity contribution in [2.45, 2.75) is 19.6 Å². The first-order valence-corrected chi connectivity index (χ1v) is 6.33. The fourth-order valence-electron chi connectivity index (χ4n) is 1.75. The van der Waals surface area contributed by atoms with Gasteiger partial charge in [0.1, 0.15) is 0 Å². The minimum Gasteiger partial charge on any atom is -0.277 e. The molecule has 2 aromatic heterocycles. The summed E-state index contributed by atoms with van der Waals surface area (Å²) in [7, 11) is 0. The highest BCUT2D eigenvalue weighted by Crippen LogP contribution is 2.08. The Morgan fingerprint density at radius 1 is 1.42 bits per heavy atom. The highest BCUT2D eigenvalue weighted by molar-refractivity contribution is 6.30. The van der Waals surface area contributed by atoms with Gasteiger partial charge in [-0.05, 0) is 12.1 Å². The van der Waals surface area contributed by atoms with E-state index in [1.54, 1.807) is 23.3 Å². The number of nitrogens with zero attached hydrogens (tertiary/aromatic N) is 5. The average molecular weight is 276 g/mol. The zero-order valence-electron chi connectivity index (χ0n) is 10.4. The van der Waals surface area contributed by atoms with Gasteiger partial charge in [-0.15, -0.1) is 0 Å². The van der Waals surface area contributed by atoms with E-state index in [1.165, 1.54) is 0 Å². The molecule has 0 atom stereocenters. The predicted octanol–water partition coefficient (Wildman–Crippen LogP) is 2.30. The summed E-state index contributed by atoms with van der Waals surface area (Å²) in [5.74, 6) is 0. The second kappa shape index (κ2) is 6.88. The molecule has 0 saturated heterocycles. The van der Waals surface area contributed by atoms with Crippen molar-refractivity contribution in [1.29, 1.82) is 5.26 Å². The molecule has 0 aliphatic carbocycles. The van der Waals surface area contributed by atoms with Crippen LogP contribution < -0.4 is 0 Å². The van der Waals surface area contributed by atoms with E-state index in [9.17, 15) is 0 Å². The fourth-order valence-corrected chi connectivity index (χ4v) is 1.91. The number of hydrogen-bond acceptors (Lipinski definition) is 4. The normalized spacial score (nSPS) is 10.6. The molecule has 0 bridgehead atoms. The Morgan fingerprint density at radius 3 is 2.95 bits per heavy atom. The van der Waals surface area contributed by atoms with Crippen molar-refractivity contribution in [3.63, 3.8) is 0 Å². The lowest BCUT2D eigenvalue weighted by Crippen LogP contribution is -2.27. The molecule has 0 fully saturated rings. The van der Waals surface area contributed by atoms with Crippen LogP contribution in [-0.4, -0.2) is 26.2 Å². The number of nitriles is 1. The Balaban J connectivity index is 2.01. The smallest absolute Gasteiger partial charge is 0.0933 e. The van der Waals surface area contributed by atoms with Gasteiger partial charge < -0.3 is 0 Å². The number of halogens is 1. The van der Waals surface area contributed by atoms with E-state index >= 15 is 0 Å². The summed E-state index contributed by atoms with van der Waals surface area (Å²) in [6.07, 6.45) is 5.61. The maximum atomic E-state index is 8.72. The molecule has 0 spiro atoms. The minimum absolute atomic E-state index is 0.474. The van der Waals surface area contributed by atoms with Gasteiger partial charge in [0, 0.05) is 31.9 Å². The quantitative estimate of drug-likeness (QED) is 0.812. The van der Waals surface area contributed by atoms with Gasteiger partial charge in [0.15, 0.2) is 0 Å². The van der Waals surface area contributed by atoms with Gasteiger partial charge in [0.05, 0.1) is 29.7 Å². The highest BCUT2D eigenvalue weighted by Gasteiger charge is 2.08. The lowest BCUT2D eigenvalue weighted by Gasteiger charge is -2.20. The van der Waals surface area contributed by atoms with Crippen LogP contribution in [0.2, 0.25) is 5.02 Å². The Labute approximate surface area is 117 Å². The van der Waals surface area contributed by atoms with E-state index in [-0.39, 0.29) is 0 Å². The third-order valence-corrected chi connectivity index (χ3v) is 2.79. The second-order valence-electron chi connectivity index (χ2n) is 4.12. The SMILES string of the molecule is N#CCCN(Cc1ccccn1)Cn1cc(Cl)cn1. The molecule has 0 amide bonds. The van der Waals surface area contributed by atoms with Crippen molar-refractivity contribution >= 4 is 11.6 Å². The van der Waals surface area contributed by atoms with Crippen LogP contribution in [-0.2, 0) is 13.2 Å². The number of aromatic nitrogens is 3. The molecule has 98 valence electrons. The molecular weight excluding hydrogens is 262 g/mol. The lowest BCUT2D eigenvalue weighted by molar-refractivity contribution is 0.200. The maximum absolute atomic E-state index is 8.72. The van der Waals surface area contributed by atoms with Crippen LogP contribution in [0.1, 0.15) is 12.1 Å². The van der Waals surface area contributed by atoms with Crippen LogP contribution >= 0.6 is 11.6 Å². The number of pyridine rings is 1. The standard InChI is InChI=1S/C13H14ClN5/c14-12-8-17-19(9-12)11-18(7-3-5-15)10-13-4-1-2-6-16-13/h1-2,4,6,8-9H,3,7,10-11H2. The highest BCUT2D eigenvalue weighted by atomic mass is 35.5. The monoisotopic (exact) mass is 275 g/mol. The Hall–Kier alpha value is -1.90. The minimum atomic E-state index is 0.474. The number of rotatable bonds is 6. The molecule has 0 radical (unpaired) electrons. The topological polar surface area (TPSA) is 57.7 Å². The molecule has 2 rings (SSSR count). The molecule has 2 heterocycles. The molecule has 6 heteroatoms. The molecule has 0 saturated carbocycles. The number of hydrogen-bond donors (Lipinski definition) is 0. The summed E-state index contributed by atoms with van der Waals surface area (Å²) >= 11 is 5.84. The van der Waals surface area contributed by atoms with E-state index in [0.29, 0.717) is 31.2 Å². The molecule has 0 aliphatic heterocycles. The van der Waals surface area contributed by atoms with Crippen LogP contribution in [0.4, 0.5) is 0 Å². The van der Waals surface area contributed by atoms with Crippen molar-refractivity contribution in [2.24, 2.45) is 0 Å². The molecule has 2 aromatic rings. The van der Waals surface area contributed by atoms with Crippen molar-refractivity contribution in [3.05, 3.63) is 47.5 Å². The van der Waals surface area contributed by atoms with Gasteiger partial charge in [0.25, 0.3) is 0 Å². The first-order valence-electron chi connectivity index (χ1n) is 5.95. The summed E-state index contributed by atoms with van der Waals surface area (Å²) in [4.78, 5) is 6.40. The maximum Gasteiger partial charge on any atom is 0.0933 e. The van der Waals surface area contributed by atoms with Crippen LogP contribution in [0.3, 0.4) is 0 Å². The van der Waals surface area contributed by atoms with E-state index in [4.69, 9.17) is 16.9 Å². The zero-order valence-corrected chi connectivity index (χ0v) is 11.2. The summed E-state index contributed by atoms with van der Waals surface area (Å²) in [6, 6.07) is 7.96. The zero-order chi connectivity index (χ0) is 13.5. The lowest BCUT2D eigenvalue weighted by atomic mass is 10.3. The van der Waals surface area contributed by atoms with E-state index in [1.807, 2.05) is 18.2 Å². The van der Waals surface area contributed by atoms with Crippen molar-refractivity contribution in [1.82, 2.24) is 19.7 Å². The van der Waals surface area contributed by atoms with Crippen LogP contribution in [0.15, 0.2) is 36.8 Å². The fraction of sp³-hybridized carbons (Fsp3) is 0.308. The summed E-state index contributed by atoms with van der Waals surface area (Å²) < 4.78 is 1.75. The Bertz CT molecular complexity index is 546. The summed E-state index contributed by atoms with van der Waals surface area (Å²) in [6.45, 7) is 1.94. The third kappa shape index (κ3) is 4.36. The van der Waals surface area contributed by atoms with Gasteiger partial charge in [-0.25, -0.2) is 0 Å². The molecule has 0 aromatic carbocycles. The van der Waals surface area contributed by atoms with Gasteiger partial charge in [0.2, 0.25) is 0 Å². The Morgan fingerprint density at radius 2 is 2.32 bits per heavy atom. The van der Waals surface area contributed by atoms with Crippen molar-refractivity contribution in [3.8, 4) is 6.07 Å². The molecular formula is C13H14ClN5. The van der Waals surface area contributed by atoms with Crippen molar-refractivity contribution in [2.75, 3.05) is 6.54 Å². The second-order valence-corrected chi connectivity index (χ2v) is 4.56. The molecule has 0 unspecified atom stereocenters. The molecule has 19 heavy (non-hydrogen) atoms. The van der Waals surface area contributed by atoms with Crippen LogP contribution in [0, 0.1) is 11.3 Å². The van der Waals surface area contributed by atoms with Gasteiger partial charge in [-0.2, -0.15) is 10.4 Å². The summed E-state index contributed by atoms with van der Waals surface area (Å²) in [5.41, 5.74) is 0.971. The third-order valence-electron chi connectivity index (χ3n) is 2.60. The summed E-state index contributed by atoms with van der Waals surface area (Å²) in [5, 5.41) is 13.5. The van der Waals surface area contributed by atoms with Gasteiger partial charge in [-0.3, -0.25) is 14.6 Å². The van der Waals surface area contributed by atoms with Crippen molar-refractivity contribution < 1.29 is 0 Å². The molecule has 0 N–H and O–H groups in total. The Kier molecular flexibility index (Phi) is 4.90. The van der Waals surface area contributed by atoms with Crippen LogP contribution in [0.5, 0.6) is 0 Å². The molecule has 0 aliphatic rings. The largest absolute Gasteiger partial charge is 0.277 e. The van der Waals surface area contributed by atoms with E-state index in [2.05, 4.69) is 21.1 Å². The van der Waals surface area contributed by atoms with Crippen LogP contribution in [0.25, 0.3) is 0 Å². The van der Waals surface area contributed by atoms with Gasteiger partial charge >= 0.3 is 0 Å².